The van der Waals surface area contributed by atoms with Crippen LogP contribution in [0.2, 0.25) is 5.02 Å². The highest BCUT2D eigenvalue weighted by Crippen LogP contribution is 2.29. The van der Waals surface area contributed by atoms with Gasteiger partial charge in [-0.1, -0.05) is 11.6 Å². The fourth-order valence-electron chi connectivity index (χ4n) is 2.13. The summed E-state index contributed by atoms with van der Waals surface area (Å²) < 4.78 is 37.5. The number of hydrogen-bond acceptors (Lipinski definition) is 3. The Morgan fingerprint density at radius 1 is 1.12 bits per heavy atom. The summed E-state index contributed by atoms with van der Waals surface area (Å²) in [6.45, 7) is 1.69. The minimum absolute atomic E-state index is 0.210. The van der Waals surface area contributed by atoms with Crippen LogP contribution in [0.15, 0.2) is 47.6 Å². The number of hydrogen-bond donors (Lipinski definition) is 3. The predicted molar refractivity (Wildman–Crippen MR) is 96.8 cm³/mol. The molecule has 0 fully saturated rings. The Morgan fingerprint density at radius 2 is 1.77 bits per heavy atom. The van der Waals surface area contributed by atoms with E-state index in [1.54, 1.807) is 32.2 Å². The van der Waals surface area contributed by atoms with E-state index < -0.39 is 17.8 Å². The summed E-state index contributed by atoms with van der Waals surface area (Å²) in [4.78, 5) is 11.9. The Morgan fingerprint density at radius 3 is 2.35 bits per heavy atom. The molecule has 2 aromatic rings. The molecule has 2 rings (SSSR count). The van der Waals surface area contributed by atoms with Crippen LogP contribution in [0.1, 0.15) is 18.1 Å². The number of amides is 2. The van der Waals surface area contributed by atoms with E-state index in [4.69, 9.17) is 11.6 Å². The van der Waals surface area contributed by atoms with Gasteiger partial charge in [0.2, 0.25) is 0 Å². The summed E-state index contributed by atoms with van der Waals surface area (Å²) in [5, 5.41) is 9.88. The first kappa shape index (κ1) is 19.6. The molecule has 3 N–H and O–H groups in total. The molecular weight excluding hydrogens is 369 g/mol. The van der Waals surface area contributed by atoms with Gasteiger partial charge < -0.3 is 10.6 Å². The van der Waals surface area contributed by atoms with Crippen molar-refractivity contribution in [3.8, 4) is 0 Å². The molecule has 138 valence electrons. The highest BCUT2D eigenvalue weighted by Gasteiger charge is 2.29. The number of benzene rings is 2. The third-order valence-corrected chi connectivity index (χ3v) is 3.67. The van der Waals surface area contributed by atoms with Gasteiger partial charge in [-0.2, -0.15) is 18.3 Å². The van der Waals surface area contributed by atoms with Crippen LogP contribution in [-0.2, 0) is 6.18 Å². The largest absolute Gasteiger partial charge is 0.416 e. The van der Waals surface area contributed by atoms with Gasteiger partial charge in [0.1, 0.15) is 0 Å². The van der Waals surface area contributed by atoms with Crippen molar-refractivity contribution in [2.75, 3.05) is 17.7 Å². The molecule has 0 saturated heterocycles. The normalized spacial score (nSPS) is 11.8. The minimum Gasteiger partial charge on any atom is -0.388 e. The molecule has 0 spiro atoms. The lowest BCUT2D eigenvalue weighted by Crippen LogP contribution is -2.25. The number of hydrazone groups is 1. The molecule has 0 radical (unpaired) electrons. The van der Waals surface area contributed by atoms with Crippen LogP contribution in [0.4, 0.5) is 29.3 Å². The average Bonchev–Trinajstić information content (AvgIpc) is 2.59. The third kappa shape index (κ3) is 5.13. The second-order valence-electron chi connectivity index (χ2n) is 5.28. The smallest absolute Gasteiger partial charge is 0.388 e. The molecule has 2 amide bonds. The van der Waals surface area contributed by atoms with Gasteiger partial charge in [-0.15, -0.1) is 0 Å². The van der Waals surface area contributed by atoms with E-state index in [-0.39, 0.29) is 5.69 Å². The van der Waals surface area contributed by atoms with Crippen LogP contribution in [0, 0.1) is 0 Å². The molecule has 0 bridgehead atoms. The zero-order chi connectivity index (χ0) is 19.3. The maximum atomic E-state index is 12.5. The molecule has 2 aromatic carbocycles. The third-order valence-electron chi connectivity index (χ3n) is 3.44. The molecule has 26 heavy (non-hydrogen) atoms. The van der Waals surface area contributed by atoms with Crippen molar-refractivity contribution in [1.82, 2.24) is 5.43 Å². The number of carbonyl (C=O) groups is 1. The van der Waals surface area contributed by atoms with E-state index in [2.05, 4.69) is 21.2 Å². The van der Waals surface area contributed by atoms with Crippen LogP contribution in [0.5, 0.6) is 0 Å². The van der Waals surface area contributed by atoms with Crippen molar-refractivity contribution < 1.29 is 18.0 Å². The predicted octanol–water partition coefficient (Wildman–Crippen LogP) is 4.95. The molecule has 0 heterocycles. The van der Waals surface area contributed by atoms with E-state index in [9.17, 15) is 18.0 Å². The fraction of sp³-hybridized carbons (Fsp3) is 0.176. The van der Waals surface area contributed by atoms with Gasteiger partial charge in [-0.05, 0) is 49.4 Å². The van der Waals surface area contributed by atoms with E-state index >= 15 is 0 Å². The lowest BCUT2D eigenvalue weighted by atomic mass is 10.1. The van der Waals surface area contributed by atoms with Gasteiger partial charge in [0.25, 0.3) is 0 Å². The number of rotatable bonds is 4. The summed E-state index contributed by atoms with van der Waals surface area (Å²) in [6, 6.07) is 8.60. The molecular formula is C17H16ClF3N4O. The molecule has 0 aliphatic heterocycles. The summed E-state index contributed by atoms with van der Waals surface area (Å²) >= 11 is 5.97. The fourth-order valence-corrected chi connectivity index (χ4v) is 2.30. The van der Waals surface area contributed by atoms with Gasteiger partial charge in [0, 0.05) is 29.0 Å². The maximum absolute atomic E-state index is 12.5. The first-order chi connectivity index (χ1) is 12.2. The van der Waals surface area contributed by atoms with E-state index in [0.717, 1.165) is 30.0 Å². The average molecular weight is 385 g/mol. The second kappa shape index (κ2) is 8.09. The molecule has 0 aromatic heterocycles. The lowest BCUT2D eigenvalue weighted by molar-refractivity contribution is -0.137. The number of alkyl halides is 3. The molecule has 0 saturated carbocycles. The quantitative estimate of drug-likeness (QED) is 0.516. The summed E-state index contributed by atoms with van der Waals surface area (Å²) in [6.07, 6.45) is -4.43. The number of nitrogens with zero attached hydrogens (tertiary/aromatic N) is 1. The Kier molecular flexibility index (Phi) is 6.10. The Hall–Kier alpha value is -2.74. The van der Waals surface area contributed by atoms with Gasteiger partial charge in [-0.3, -0.25) is 0 Å². The minimum atomic E-state index is -4.43. The number of nitrogens with one attached hydrogen (secondary N) is 3. The van der Waals surface area contributed by atoms with Crippen molar-refractivity contribution in [3.63, 3.8) is 0 Å². The summed E-state index contributed by atoms with van der Waals surface area (Å²) in [5.74, 6) is 0. The van der Waals surface area contributed by atoms with Crippen molar-refractivity contribution in [1.29, 1.82) is 0 Å². The standard InChI is InChI=1S/C17H16ClF3N4O/c1-10(14-9-12(18)5-8-15(14)22-2)24-25-16(26)23-13-6-3-11(4-7-13)17(19,20)21/h3-9,22H,1-2H3,(H2,23,25,26)/b24-10+. The van der Waals surface area contributed by atoms with Crippen molar-refractivity contribution in [3.05, 3.63) is 58.6 Å². The van der Waals surface area contributed by atoms with E-state index in [1.165, 1.54) is 0 Å². The SMILES string of the molecule is CNc1ccc(Cl)cc1/C(C)=N/NC(=O)Nc1ccc(C(F)(F)F)cc1. The highest BCUT2D eigenvalue weighted by atomic mass is 35.5. The zero-order valence-electron chi connectivity index (χ0n) is 13.9. The van der Waals surface area contributed by atoms with Gasteiger partial charge in [0.15, 0.2) is 0 Å². The van der Waals surface area contributed by atoms with Crippen LogP contribution in [0.25, 0.3) is 0 Å². The topological polar surface area (TPSA) is 65.5 Å². The van der Waals surface area contributed by atoms with E-state index in [0.29, 0.717) is 16.3 Å². The second-order valence-corrected chi connectivity index (χ2v) is 5.71. The highest BCUT2D eigenvalue weighted by molar-refractivity contribution is 6.31. The number of urea groups is 1. The van der Waals surface area contributed by atoms with Crippen LogP contribution in [-0.4, -0.2) is 18.8 Å². The summed E-state index contributed by atoms with van der Waals surface area (Å²) in [7, 11) is 1.74. The first-order valence-electron chi connectivity index (χ1n) is 7.47. The first-order valence-corrected chi connectivity index (χ1v) is 7.84. The zero-order valence-corrected chi connectivity index (χ0v) is 14.7. The Bertz CT molecular complexity index is 820. The van der Waals surface area contributed by atoms with Crippen molar-refractivity contribution in [2.24, 2.45) is 5.10 Å². The van der Waals surface area contributed by atoms with Crippen LogP contribution in [0.3, 0.4) is 0 Å². The molecule has 0 atom stereocenters. The molecule has 0 aliphatic carbocycles. The number of carbonyl (C=O) groups excluding carboxylic acids is 1. The molecule has 0 unspecified atom stereocenters. The van der Waals surface area contributed by atoms with Crippen molar-refractivity contribution in [2.45, 2.75) is 13.1 Å². The Balaban J connectivity index is 2.04. The van der Waals surface area contributed by atoms with Crippen LogP contribution < -0.4 is 16.1 Å². The molecule has 5 nitrogen and oxygen atoms in total. The lowest BCUT2D eigenvalue weighted by Gasteiger charge is -2.10. The monoisotopic (exact) mass is 384 g/mol. The molecule has 0 aliphatic rings. The summed E-state index contributed by atoms with van der Waals surface area (Å²) in [5.41, 5.74) is 3.69. The van der Waals surface area contributed by atoms with Gasteiger partial charge >= 0.3 is 12.2 Å². The van der Waals surface area contributed by atoms with Crippen molar-refractivity contribution >= 4 is 34.7 Å². The molecule has 9 heteroatoms. The maximum Gasteiger partial charge on any atom is 0.416 e. The Labute approximate surface area is 153 Å². The van der Waals surface area contributed by atoms with Crippen LogP contribution >= 0.6 is 11.6 Å². The van der Waals surface area contributed by atoms with Gasteiger partial charge in [-0.25, -0.2) is 10.2 Å². The van der Waals surface area contributed by atoms with E-state index in [1.807, 2.05) is 0 Å². The number of anilines is 2. The van der Waals surface area contributed by atoms with Gasteiger partial charge in [0.05, 0.1) is 11.3 Å². The number of halogens is 4.